The highest BCUT2D eigenvalue weighted by atomic mass is 32.1. The first-order valence-electron chi connectivity index (χ1n) is 9.61. The van der Waals surface area contributed by atoms with Crippen molar-refractivity contribution in [3.05, 3.63) is 82.0 Å². The zero-order chi connectivity index (χ0) is 20.2. The lowest BCUT2D eigenvalue weighted by molar-refractivity contribution is -0.117. The summed E-state index contributed by atoms with van der Waals surface area (Å²) in [6.45, 7) is 2.94. The Morgan fingerprint density at radius 1 is 1.14 bits per heavy atom. The fourth-order valence-corrected chi connectivity index (χ4v) is 4.44. The van der Waals surface area contributed by atoms with E-state index < -0.39 is 0 Å². The van der Waals surface area contributed by atoms with E-state index in [1.807, 2.05) is 73.0 Å². The molecule has 4 rings (SSSR count). The van der Waals surface area contributed by atoms with Gasteiger partial charge >= 0.3 is 0 Å². The average molecular weight is 407 g/mol. The van der Waals surface area contributed by atoms with E-state index >= 15 is 0 Å². The number of ether oxygens (including phenoxy) is 1. The highest BCUT2D eigenvalue weighted by Gasteiger charge is 2.34. The largest absolute Gasteiger partial charge is 0.492 e. The first-order valence-corrected chi connectivity index (χ1v) is 10.5. The quantitative estimate of drug-likeness (QED) is 0.609. The topological polar surface area (TPSA) is 58.6 Å². The number of anilines is 1. The number of hydrogen-bond donors (Lipinski definition) is 1. The van der Waals surface area contributed by atoms with Gasteiger partial charge in [0.05, 0.1) is 24.8 Å². The molecule has 0 unspecified atom stereocenters. The van der Waals surface area contributed by atoms with E-state index in [4.69, 9.17) is 4.74 Å². The van der Waals surface area contributed by atoms with E-state index in [9.17, 15) is 9.59 Å². The third-order valence-electron chi connectivity index (χ3n) is 4.94. The normalized spacial score (nSPS) is 13.8. The van der Waals surface area contributed by atoms with Crippen molar-refractivity contribution in [2.75, 3.05) is 11.9 Å². The minimum absolute atomic E-state index is 0.0264. The summed E-state index contributed by atoms with van der Waals surface area (Å²) in [5.41, 5.74) is 2.36. The molecular weight excluding hydrogens is 384 g/mol. The lowest BCUT2D eigenvalue weighted by Crippen LogP contribution is -2.31. The van der Waals surface area contributed by atoms with E-state index in [1.54, 1.807) is 16.2 Å². The molecule has 2 heterocycles. The van der Waals surface area contributed by atoms with Gasteiger partial charge in [0.1, 0.15) is 5.75 Å². The van der Waals surface area contributed by atoms with Crippen molar-refractivity contribution in [2.24, 2.45) is 0 Å². The number of para-hydroxylation sites is 2. The van der Waals surface area contributed by atoms with E-state index in [-0.39, 0.29) is 24.3 Å². The Kier molecular flexibility index (Phi) is 5.62. The smallest absolute Gasteiger partial charge is 0.255 e. The molecule has 0 bridgehead atoms. The van der Waals surface area contributed by atoms with Gasteiger partial charge in [-0.05, 0) is 42.1 Å². The summed E-state index contributed by atoms with van der Waals surface area (Å²) in [7, 11) is 0. The van der Waals surface area contributed by atoms with Gasteiger partial charge in [-0.1, -0.05) is 36.4 Å². The van der Waals surface area contributed by atoms with Crippen molar-refractivity contribution in [2.45, 2.75) is 25.9 Å². The first kappa shape index (κ1) is 19.2. The number of thiophene rings is 1. The number of nitrogens with zero attached hydrogens (tertiary/aromatic N) is 1. The molecule has 2 aromatic carbocycles. The highest BCUT2D eigenvalue weighted by Crippen LogP contribution is 2.36. The van der Waals surface area contributed by atoms with Crippen LogP contribution in [0.15, 0.2) is 66.0 Å². The fourth-order valence-electron chi connectivity index (χ4n) is 3.60. The zero-order valence-electron chi connectivity index (χ0n) is 16.1. The Bertz CT molecular complexity index is 1020. The number of hydrogen-bond acceptors (Lipinski definition) is 4. The molecule has 0 saturated carbocycles. The van der Waals surface area contributed by atoms with Crippen LogP contribution in [0.3, 0.4) is 0 Å². The maximum atomic E-state index is 13.0. The molecule has 29 heavy (non-hydrogen) atoms. The summed E-state index contributed by atoms with van der Waals surface area (Å²) in [5, 5.41) is 4.92. The second kappa shape index (κ2) is 8.49. The molecule has 1 N–H and O–H groups in total. The van der Waals surface area contributed by atoms with Crippen LogP contribution < -0.4 is 10.1 Å². The first-order chi connectivity index (χ1) is 14.2. The molecule has 3 aromatic rings. The Balaban J connectivity index is 1.55. The van der Waals surface area contributed by atoms with Crippen LogP contribution in [-0.4, -0.2) is 23.3 Å². The molecule has 1 aliphatic rings. The molecule has 1 aromatic heterocycles. The molecule has 148 valence electrons. The maximum absolute atomic E-state index is 13.0. The second-order valence-electron chi connectivity index (χ2n) is 6.80. The molecule has 0 radical (unpaired) electrons. The number of nitrogens with one attached hydrogen (secondary N) is 1. The van der Waals surface area contributed by atoms with Crippen molar-refractivity contribution in [1.29, 1.82) is 0 Å². The van der Waals surface area contributed by atoms with Crippen molar-refractivity contribution in [3.63, 3.8) is 0 Å². The van der Waals surface area contributed by atoms with E-state index in [1.165, 1.54) is 0 Å². The molecule has 0 spiro atoms. The van der Waals surface area contributed by atoms with Crippen LogP contribution in [0, 0.1) is 0 Å². The Morgan fingerprint density at radius 3 is 2.69 bits per heavy atom. The van der Waals surface area contributed by atoms with Gasteiger partial charge in [0.15, 0.2) is 0 Å². The molecule has 1 aliphatic heterocycles. The minimum Gasteiger partial charge on any atom is -0.492 e. The van der Waals surface area contributed by atoms with Gasteiger partial charge in [0.25, 0.3) is 5.91 Å². The van der Waals surface area contributed by atoms with Crippen LogP contribution in [0.1, 0.15) is 40.2 Å². The van der Waals surface area contributed by atoms with Crippen LogP contribution in [0.5, 0.6) is 5.75 Å². The zero-order valence-corrected chi connectivity index (χ0v) is 16.9. The summed E-state index contributed by atoms with van der Waals surface area (Å²) in [4.78, 5) is 28.7. The van der Waals surface area contributed by atoms with Crippen LogP contribution in [-0.2, 0) is 11.3 Å². The third-order valence-corrected chi connectivity index (χ3v) is 5.91. The van der Waals surface area contributed by atoms with Gasteiger partial charge in [0, 0.05) is 17.0 Å². The van der Waals surface area contributed by atoms with Gasteiger partial charge in [-0.15, -0.1) is 11.3 Å². The Morgan fingerprint density at radius 2 is 1.93 bits per heavy atom. The molecule has 0 aliphatic carbocycles. The molecular formula is C23H22N2O3S. The van der Waals surface area contributed by atoms with Gasteiger partial charge in [0.2, 0.25) is 5.91 Å². The van der Waals surface area contributed by atoms with Gasteiger partial charge in [-0.3, -0.25) is 9.59 Å². The third kappa shape index (κ3) is 4.03. The average Bonchev–Trinajstić information content (AvgIpc) is 3.37. The Labute approximate surface area is 173 Å². The molecule has 1 atom stereocenters. The van der Waals surface area contributed by atoms with Crippen molar-refractivity contribution >= 4 is 28.8 Å². The van der Waals surface area contributed by atoms with E-state index in [0.717, 1.165) is 16.0 Å². The van der Waals surface area contributed by atoms with Crippen molar-refractivity contribution < 1.29 is 14.3 Å². The summed E-state index contributed by atoms with van der Waals surface area (Å²) in [5.74, 6) is 0.460. The lowest BCUT2D eigenvalue weighted by Gasteiger charge is -2.27. The molecule has 0 fully saturated rings. The van der Waals surface area contributed by atoms with Gasteiger partial charge in [-0.25, -0.2) is 0 Å². The number of benzene rings is 2. The number of rotatable bonds is 7. The molecule has 6 heteroatoms. The molecule has 2 amide bonds. The number of amides is 2. The fraction of sp³-hybridized carbons (Fsp3) is 0.217. The summed E-state index contributed by atoms with van der Waals surface area (Å²) >= 11 is 1.56. The van der Waals surface area contributed by atoms with Gasteiger partial charge in [-0.2, -0.15) is 0 Å². The Hall–Kier alpha value is -3.12. The molecule has 5 nitrogen and oxygen atoms in total. The summed E-state index contributed by atoms with van der Waals surface area (Å²) < 4.78 is 5.60. The van der Waals surface area contributed by atoms with Crippen LogP contribution in [0.25, 0.3) is 0 Å². The standard InChI is InChI=1S/C23H22N2O3S/c1-2-28-20-11-6-5-10-18(20)24-22(26)14-19(21-12-7-13-29-21)25-15-16-8-3-4-9-17(16)23(25)27/h3-13,19H,2,14-15H2,1H3,(H,24,26)/t19-/m1/s1. The predicted molar refractivity (Wildman–Crippen MR) is 114 cm³/mol. The van der Waals surface area contributed by atoms with E-state index in [2.05, 4.69) is 5.32 Å². The monoisotopic (exact) mass is 406 g/mol. The summed E-state index contributed by atoms with van der Waals surface area (Å²) in [6.07, 6.45) is 0.181. The maximum Gasteiger partial charge on any atom is 0.255 e. The van der Waals surface area contributed by atoms with Crippen molar-refractivity contribution in [3.8, 4) is 5.75 Å². The minimum atomic E-state index is -0.311. The van der Waals surface area contributed by atoms with Crippen LogP contribution in [0.4, 0.5) is 5.69 Å². The van der Waals surface area contributed by atoms with Crippen LogP contribution in [0.2, 0.25) is 0 Å². The SMILES string of the molecule is CCOc1ccccc1NC(=O)C[C@H](c1cccs1)N1Cc2ccccc2C1=O. The van der Waals surface area contributed by atoms with Crippen molar-refractivity contribution in [1.82, 2.24) is 4.90 Å². The molecule has 0 saturated heterocycles. The van der Waals surface area contributed by atoms with Gasteiger partial charge < -0.3 is 15.0 Å². The second-order valence-corrected chi connectivity index (χ2v) is 7.78. The number of carbonyl (C=O) groups is 2. The predicted octanol–water partition coefficient (Wildman–Crippen LogP) is 4.87. The highest BCUT2D eigenvalue weighted by molar-refractivity contribution is 7.10. The lowest BCUT2D eigenvalue weighted by atomic mass is 10.1. The number of carbonyl (C=O) groups excluding carboxylic acids is 2. The van der Waals surface area contributed by atoms with E-state index in [0.29, 0.717) is 24.6 Å². The number of fused-ring (bicyclic) bond motifs is 1. The summed E-state index contributed by atoms with van der Waals surface area (Å²) in [6, 6.07) is 18.6. The van der Waals surface area contributed by atoms with Crippen LogP contribution >= 0.6 is 11.3 Å².